The molecule has 0 aliphatic carbocycles. The second-order valence-corrected chi connectivity index (χ2v) is 2.78. The minimum absolute atomic E-state index is 0.0406. The number of carboxylic acids is 1. The lowest BCUT2D eigenvalue weighted by atomic mass is 10.2. The van der Waals surface area contributed by atoms with Crippen LogP contribution in [0.4, 0.5) is 8.78 Å². The maximum atomic E-state index is 12.1. The number of aliphatic carboxylic acids is 1. The normalized spacial score (nSPS) is 10.5. The third kappa shape index (κ3) is 3.08. The molecule has 76 valence electrons. The van der Waals surface area contributed by atoms with E-state index in [-0.39, 0.29) is 18.4 Å². The summed E-state index contributed by atoms with van der Waals surface area (Å²) in [5.41, 5.74) is 0.362. The van der Waals surface area contributed by atoms with Crippen molar-refractivity contribution < 1.29 is 18.7 Å². The minimum Gasteiger partial charge on any atom is -0.481 e. The van der Waals surface area contributed by atoms with E-state index in [0.717, 1.165) is 6.20 Å². The number of nitrogens with zero attached hydrogens (tertiary/aromatic N) is 1. The highest BCUT2D eigenvalue weighted by Crippen LogP contribution is 2.17. The van der Waals surface area contributed by atoms with Crippen molar-refractivity contribution in [2.75, 3.05) is 0 Å². The van der Waals surface area contributed by atoms with Crippen molar-refractivity contribution in [2.45, 2.75) is 19.3 Å². The number of hydrogen-bond acceptors (Lipinski definition) is 2. The first kappa shape index (κ1) is 10.6. The predicted molar refractivity (Wildman–Crippen MR) is 45.2 cm³/mol. The molecule has 0 spiro atoms. The highest BCUT2D eigenvalue weighted by Gasteiger charge is 2.07. The fraction of sp³-hybridized carbons (Fsp3) is 0.333. The lowest BCUT2D eigenvalue weighted by Gasteiger charge is -2.00. The first-order valence-corrected chi connectivity index (χ1v) is 4.04. The first-order valence-electron chi connectivity index (χ1n) is 4.04. The Morgan fingerprint density at radius 3 is 2.64 bits per heavy atom. The van der Waals surface area contributed by atoms with Crippen molar-refractivity contribution in [1.82, 2.24) is 4.98 Å². The van der Waals surface area contributed by atoms with E-state index in [1.165, 1.54) is 12.1 Å². The van der Waals surface area contributed by atoms with E-state index in [2.05, 4.69) is 4.98 Å². The smallest absolute Gasteiger partial charge is 0.303 e. The molecule has 1 aromatic heterocycles. The average Bonchev–Trinajstić information content (AvgIpc) is 2.15. The zero-order valence-electron chi connectivity index (χ0n) is 7.28. The van der Waals surface area contributed by atoms with Gasteiger partial charge in [0.1, 0.15) is 0 Å². The molecule has 3 nitrogen and oxygen atoms in total. The van der Waals surface area contributed by atoms with Gasteiger partial charge in [-0.25, -0.2) is 8.78 Å². The molecule has 0 saturated heterocycles. The van der Waals surface area contributed by atoms with Crippen molar-refractivity contribution in [1.29, 1.82) is 0 Å². The average molecular weight is 201 g/mol. The molecule has 1 heterocycles. The number of aryl methyl sites for hydroxylation is 1. The van der Waals surface area contributed by atoms with Gasteiger partial charge in [-0.15, -0.1) is 0 Å². The van der Waals surface area contributed by atoms with Gasteiger partial charge in [0.15, 0.2) is 0 Å². The fourth-order valence-corrected chi connectivity index (χ4v) is 0.948. The molecule has 0 bridgehead atoms. The first-order chi connectivity index (χ1) is 6.59. The van der Waals surface area contributed by atoms with Crippen LogP contribution in [0, 0.1) is 0 Å². The van der Waals surface area contributed by atoms with Gasteiger partial charge in [0, 0.05) is 23.9 Å². The number of halogens is 2. The Labute approximate surface area is 79.4 Å². The van der Waals surface area contributed by atoms with Crippen molar-refractivity contribution in [3.05, 3.63) is 29.6 Å². The van der Waals surface area contributed by atoms with Crippen LogP contribution in [-0.2, 0) is 11.2 Å². The Hall–Kier alpha value is -1.52. The maximum Gasteiger partial charge on any atom is 0.303 e. The minimum atomic E-state index is -2.53. The van der Waals surface area contributed by atoms with Crippen molar-refractivity contribution in [3.8, 4) is 0 Å². The van der Waals surface area contributed by atoms with E-state index in [9.17, 15) is 13.6 Å². The van der Waals surface area contributed by atoms with Crippen LogP contribution in [0.1, 0.15) is 24.1 Å². The Morgan fingerprint density at radius 2 is 2.21 bits per heavy atom. The van der Waals surface area contributed by atoms with E-state index >= 15 is 0 Å². The molecule has 0 radical (unpaired) electrons. The van der Waals surface area contributed by atoms with Gasteiger partial charge in [0.2, 0.25) is 0 Å². The van der Waals surface area contributed by atoms with Gasteiger partial charge < -0.3 is 5.11 Å². The SMILES string of the molecule is O=C(O)CCc1ccc(C(F)F)cn1. The van der Waals surface area contributed by atoms with Gasteiger partial charge in [-0.05, 0) is 12.1 Å². The van der Waals surface area contributed by atoms with E-state index in [1.54, 1.807) is 0 Å². The summed E-state index contributed by atoms with van der Waals surface area (Å²) < 4.78 is 24.2. The zero-order chi connectivity index (χ0) is 10.6. The highest BCUT2D eigenvalue weighted by atomic mass is 19.3. The topological polar surface area (TPSA) is 50.2 Å². The lowest BCUT2D eigenvalue weighted by molar-refractivity contribution is -0.136. The molecule has 0 amide bonds. The van der Waals surface area contributed by atoms with Gasteiger partial charge in [0.05, 0.1) is 6.42 Å². The van der Waals surface area contributed by atoms with Crippen LogP contribution < -0.4 is 0 Å². The molecule has 0 fully saturated rings. The quantitative estimate of drug-likeness (QED) is 0.810. The highest BCUT2D eigenvalue weighted by molar-refractivity contribution is 5.66. The number of pyridine rings is 1. The number of carboxylic acid groups (broad SMARTS) is 1. The van der Waals surface area contributed by atoms with Gasteiger partial charge in [-0.2, -0.15) is 0 Å². The van der Waals surface area contributed by atoms with Crippen molar-refractivity contribution >= 4 is 5.97 Å². The van der Waals surface area contributed by atoms with Gasteiger partial charge in [-0.3, -0.25) is 9.78 Å². The summed E-state index contributed by atoms with van der Waals surface area (Å²) in [6.45, 7) is 0. The summed E-state index contributed by atoms with van der Waals surface area (Å²) in [5.74, 6) is -0.926. The molecule has 0 saturated carbocycles. The number of rotatable bonds is 4. The van der Waals surface area contributed by atoms with Crippen LogP contribution in [0.2, 0.25) is 0 Å². The second-order valence-electron chi connectivity index (χ2n) is 2.78. The Balaban J connectivity index is 2.59. The van der Waals surface area contributed by atoms with E-state index < -0.39 is 12.4 Å². The summed E-state index contributed by atoms with van der Waals surface area (Å²) in [5, 5.41) is 8.37. The van der Waals surface area contributed by atoms with E-state index in [0.29, 0.717) is 5.69 Å². The van der Waals surface area contributed by atoms with Crippen LogP contribution in [0.5, 0.6) is 0 Å². The molecule has 1 aromatic rings. The van der Waals surface area contributed by atoms with E-state index in [1.807, 2.05) is 0 Å². The molecule has 0 atom stereocenters. The van der Waals surface area contributed by atoms with Crippen LogP contribution in [0.15, 0.2) is 18.3 Å². The van der Waals surface area contributed by atoms with Gasteiger partial charge >= 0.3 is 5.97 Å². The molecular weight excluding hydrogens is 192 g/mol. The second kappa shape index (κ2) is 4.64. The third-order valence-electron chi connectivity index (χ3n) is 1.69. The number of carbonyl (C=O) groups is 1. The summed E-state index contributed by atoms with van der Waals surface area (Å²) in [7, 11) is 0. The zero-order valence-corrected chi connectivity index (χ0v) is 7.28. The number of aromatic nitrogens is 1. The number of alkyl halides is 2. The third-order valence-corrected chi connectivity index (χ3v) is 1.69. The van der Waals surface area contributed by atoms with Crippen LogP contribution in [-0.4, -0.2) is 16.1 Å². The Bertz CT molecular complexity index is 311. The molecular formula is C9H9F2NO2. The molecule has 1 rings (SSSR count). The standard InChI is InChI=1S/C9H9F2NO2/c10-9(11)6-1-2-7(12-5-6)3-4-8(13)14/h1-2,5,9H,3-4H2,(H,13,14). The summed E-state index contributed by atoms with van der Waals surface area (Å²) in [6.07, 6.45) is -1.24. The van der Waals surface area contributed by atoms with Crippen molar-refractivity contribution in [3.63, 3.8) is 0 Å². The summed E-state index contributed by atoms with van der Waals surface area (Å²) in [6, 6.07) is 2.68. The Morgan fingerprint density at radius 1 is 1.50 bits per heavy atom. The molecule has 1 N–H and O–H groups in total. The largest absolute Gasteiger partial charge is 0.481 e. The molecule has 0 aromatic carbocycles. The van der Waals surface area contributed by atoms with Crippen LogP contribution >= 0.6 is 0 Å². The van der Waals surface area contributed by atoms with Gasteiger partial charge in [-0.1, -0.05) is 0 Å². The van der Waals surface area contributed by atoms with Crippen molar-refractivity contribution in [2.24, 2.45) is 0 Å². The maximum absolute atomic E-state index is 12.1. The van der Waals surface area contributed by atoms with E-state index in [4.69, 9.17) is 5.11 Å². The van der Waals surface area contributed by atoms with Crippen LogP contribution in [0.3, 0.4) is 0 Å². The lowest BCUT2D eigenvalue weighted by Crippen LogP contribution is -1.99. The Kier molecular flexibility index (Phi) is 3.50. The fourth-order valence-electron chi connectivity index (χ4n) is 0.948. The molecule has 14 heavy (non-hydrogen) atoms. The molecule has 5 heteroatoms. The molecule has 0 unspecified atom stereocenters. The number of hydrogen-bond donors (Lipinski definition) is 1. The summed E-state index contributed by atoms with van der Waals surface area (Å²) in [4.78, 5) is 13.9. The summed E-state index contributed by atoms with van der Waals surface area (Å²) >= 11 is 0. The monoisotopic (exact) mass is 201 g/mol. The van der Waals surface area contributed by atoms with Crippen LogP contribution in [0.25, 0.3) is 0 Å². The predicted octanol–water partition coefficient (Wildman–Crippen LogP) is 2.04. The molecule has 0 aliphatic rings. The molecule has 0 aliphatic heterocycles. The van der Waals surface area contributed by atoms with Gasteiger partial charge in [0.25, 0.3) is 6.43 Å².